The summed E-state index contributed by atoms with van der Waals surface area (Å²) in [5.41, 5.74) is 5.47. The molecule has 0 amide bonds. The number of sulfonamides is 1. The lowest BCUT2D eigenvalue weighted by Gasteiger charge is -2.33. The number of rotatable bonds is 4. The lowest BCUT2D eigenvalue weighted by Crippen LogP contribution is -2.43. The third-order valence-corrected chi connectivity index (χ3v) is 5.02. The van der Waals surface area contributed by atoms with Gasteiger partial charge >= 0.3 is 0 Å². The molecule has 0 heterocycles. The molecule has 1 fully saturated rings. The zero-order valence-electron chi connectivity index (χ0n) is 10.5. The second kappa shape index (κ2) is 5.36. The fourth-order valence-corrected chi connectivity index (χ4v) is 3.96. The van der Waals surface area contributed by atoms with Gasteiger partial charge in [-0.05, 0) is 30.9 Å². The Balaban J connectivity index is 2.32. The summed E-state index contributed by atoms with van der Waals surface area (Å²) >= 11 is 5.80. The van der Waals surface area contributed by atoms with Gasteiger partial charge in [0.2, 0.25) is 10.0 Å². The SMILES string of the molecule is CC1CC(NS(=O)(=O)c2cc(Cl)cc(CN)c2F)C1. The molecule has 2 rings (SSSR count). The van der Waals surface area contributed by atoms with Crippen molar-refractivity contribution in [3.63, 3.8) is 0 Å². The summed E-state index contributed by atoms with van der Waals surface area (Å²) in [6.45, 7) is 1.94. The minimum atomic E-state index is -3.89. The molecule has 0 atom stereocenters. The van der Waals surface area contributed by atoms with Gasteiger partial charge < -0.3 is 5.73 Å². The van der Waals surface area contributed by atoms with Crippen LogP contribution in [0, 0.1) is 11.7 Å². The zero-order valence-corrected chi connectivity index (χ0v) is 12.1. The summed E-state index contributed by atoms with van der Waals surface area (Å²) in [7, 11) is -3.89. The first kappa shape index (κ1) is 14.7. The summed E-state index contributed by atoms with van der Waals surface area (Å²) < 4.78 is 40.8. The van der Waals surface area contributed by atoms with Crippen LogP contribution >= 0.6 is 11.6 Å². The molecule has 0 radical (unpaired) electrons. The molecule has 1 aromatic rings. The van der Waals surface area contributed by atoms with Crippen LogP contribution in [0.2, 0.25) is 5.02 Å². The molecule has 0 aromatic heterocycles. The molecule has 1 saturated carbocycles. The molecule has 0 saturated heterocycles. The van der Waals surface area contributed by atoms with Crippen LogP contribution in [0.1, 0.15) is 25.3 Å². The van der Waals surface area contributed by atoms with E-state index in [9.17, 15) is 12.8 Å². The van der Waals surface area contributed by atoms with Gasteiger partial charge in [0, 0.05) is 23.2 Å². The van der Waals surface area contributed by atoms with Crippen LogP contribution in [0.25, 0.3) is 0 Å². The third kappa shape index (κ3) is 3.08. The second-order valence-corrected chi connectivity index (χ2v) is 7.09. The summed E-state index contributed by atoms with van der Waals surface area (Å²) in [4.78, 5) is -0.431. The number of benzene rings is 1. The first-order valence-electron chi connectivity index (χ1n) is 6.04. The zero-order chi connectivity index (χ0) is 14.2. The Morgan fingerprint density at radius 2 is 2.11 bits per heavy atom. The minimum absolute atomic E-state index is 0.0925. The monoisotopic (exact) mass is 306 g/mol. The molecule has 106 valence electrons. The van der Waals surface area contributed by atoms with Crippen LogP contribution in [0.3, 0.4) is 0 Å². The number of hydrogen-bond donors (Lipinski definition) is 2. The van der Waals surface area contributed by atoms with Crippen molar-refractivity contribution in [1.29, 1.82) is 0 Å². The maximum absolute atomic E-state index is 14.0. The molecule has 0 spiro atoms. The lowest BCUT2D eigenvalue weighted by molar-refractivity contribution is 0.270. The number of hydrogen-bond acceptors (Lipinski definition) is 3. The molecule has 3 N–H and O–H groups in total. The average Bonchev–Trinajstić information content (AvgIpc) is 2.29. The summed E-state index contributed by atoms with van der Waals surface area (Å²) in [6, 6.07) is 2.32. The predicted octanol–water partition coefficient (Wildman–Crippen LogP) is 2.01. The van der Waals surface area contributed by atoms with Crippen LogP contribution in [-0.4, -0.2) is 14.5 Å². The molecule has 1 aliphatic carbocycles. The Kier molecular flexibility index (Phi) is 4.15. The molecule has 19 heavy (non-hydrogen) atoms. The van der Waals surface area contributed by atoms with Crippen molar-refractivity contribution >= 4 is 21.6 Å². The van der Waals surface area contributed by atoms with E-state index in [1.54, 1.807) is 0 Å². The largest absolute Gasteiger partial charge is 0.326 e. The van der Waals surface area contributed by atoms with Crippen molar-refractivity contribution < 1.29 is 12.8 Å². The van der Waals surface area contributed by atoms with Crippen LogP contribution in [0.4, 0.5) is 4.39 Å². The molecule has 0 aliphatic heterocycles. The van der Waals surface area contributed by atoms with E-state index in [1.165, 1.54) is 6.07 Å². The van der Waals surface area contributed by atoms with Gasteiger partial charge in [0.15, 0.2) is 0 Å². The predicted molar refractivity (Wildman–Crippen MR) is 71.8 cm³/mol. The summed E-state index contributed by atoms with van der Waals surface area (Å²) in [6.07, 6.45) is 1.54. The van der Waals surface area contributed by atoms with Gasteiger partial charge in [0.25, 0.3) is 0 Å². The van der Waals surface area contributed by atoms with Crippen LogP contribution in [0.5, 0.6) is 0 Å². The van der Waals surface area contributed by atoms with Crippen LogP contribution in [-0.2, 0) is 16.6 Å². The Labute approximate surface area is 117 Å². The quantitative estimate of drug-likeness (QED) is 0.894. The van der Waals surface area contributed by atoms with Crippen LogP contribution in [0.15, 0.2) is 17.0 Å². The van der Waals surface area contributed by atoms with Gasteiger partial charge in [-0.15, -0.1) is 0 Å². The topological polar surface area (TPSA) is 72.2 Å². The molecule has 4 nitrogen and oxygen atoms in total. The lowest BCUT2D eigenvalue weighted by atomic mass is 9.83. The van der Waals surface area contributed by atoms with Crippen molar-refractivity contribution in [2.24, 2.45) is 11.7 Å². The van der Waals surface area contributed by atoms with Gasteiger partial charge in [0.1, 0.15) is 10.7 Å². The van der Waals surface area contributed by atoms with Crippen molar-refractivity contribution in [3.8, 4) is 0 Å². The molecule has 7 heteroatoms. The smallest absolute Gasteiger partial charge is 0.243 e. The molecular formula is C12H16ClFN2O2S. The Bertz CT molecular complexity index is 586. The van der Waals surface area contributed by atoms with E-state index in [-0.39, 0.29) is 23.2 Å². The van der Waals surface area contributed by atoms with E-state index >= 15 is 0 Å². The Hall–Kier alpha value is -0.690. The fraction of sp³-hybridized carbons (Fsp3) is 0.500. The maximum Gasteiger partial charge on any atom is 0.243 e. The van der Waals surface area contributed by atoms with Crippen molar-refractivity contribution in [1.82, 2.24) is 4.72 Å². The van der Waals surface area contributed by atoms with Crippen LogP contribution < -0.4 is 10.5 Å². The highest BCUT2D eigenvalue weighted by Crippen LogP contribution is 2.29. The highest BCUT2D eigenvalue weighted by molar-refractivity contribution is 7.89. The van der Waals surface area contributed by atoms with Gasteiger partial charge in [-0.2, -0.15) is 0 Å². The van der Waals surface area contributed by atoms with Gasteiger partial charge in [0.05, 0.1) is 0 Å². The normalized spacial score (nSPS) is 23.2. The van der Waals surface area contributed by atoms with E-state index in [0.29, 0.717) is 5.92 Å². The average molecular weight is 307 g/mol. The highest BCUT2D eigenvalue weighted by Gasteiger charge is 2.31. The van der Waals surface area contributed by atoms with E-state index in [2.05, 4.69) is 4.72 Å². The number of nitrogens with two attached hydrogens (primary N) is 1. The van der Waals surface area contributed by atoms with E-state index in [4.69, 9.17) is 17.3 Å². The highest BCUT2D eigenvalue weighted by atomic mass is 35.5. The first-order chi connectivity index (χ1) is 8.83. The van der Waals surface area contributed by atoms with Gasteiger partial charge in [-0.3, -0.25) is 0 Å². The Morgan fingerprint density at radius 3 is 2.63 bits per heavy atom. The first-order valence-corrected chi connectivity index (χ1v) is 7.90. The van der Waals surface area contributed by atoms with E-state index < -0.39 is 20.7 Å². The molecule has 0 unspecified atom stereocenters. The van der Waals surface area contributed by atoms with Gasteiger partial charge in [-0.1, -0.05) is 18.5 Å². The number of halogens is 2. The minimum Gasteiger partial charge on any atom is -0.326 e. The van der Waals surface area contributed by atoms with Crippen molar-refractivity contribution in [2.45, 2.75) is 37.2 Å². The number of nitrogens with one attached hydrogen (secondary N) is 1. The summed E-state index contributed by atoms with van der Waals surface area (Å²) in [5.74, 6) is -0.330. The van der Waals surface area contributed by atoms with Gasteiger partial charge in [-0.25, -0.2) is 17.5 Å². The molecule has 1 aliphatic rings. The molecule has 0 bridgehead atoms. The van der Waals surface area contributed by atoms with Crippen molar-refractivity contribution in [2.75, 3.05) is 0 Å². The van der Waals surface area contributed by atoms with E-state index in [0.717, 1.165) is 18.9 Å². The second-order valence-electron chi connectivity index (χ2n) is 4.98. The van der Waals surface area contributed by atoms with Crippen molar-refractivity contribution in [3.05, 3.63) is 28.5 Å². The molecular weight excluding hydrogens is 291 g/mol. The molecule has 1 aromatic carbocycles. The Morgan fingerprint density at radius 1 is 1.47 bits per heavy atom. The maximum atomic E-state index is 14.0. The summed E-state index contributed by atoms with van der Waals surface area (Å²) in [5, 5.41) is 0.157. The van der Waals surface area contributed by atoms with E-state index in [1.807, 2.05) is 6.92 Å². The third-order valence-electron chi connectivity index (χ3n) is 3.28. The fourth-order valence-electron chi connectivity index (χ4n) is 2.24. The standard InChI is InChI=1S/C12H16ClFN2O2S/c1-7-2-10(3-7)16-19(17,18)11-5-9(13)4-8(6-15)12(11)14/h4-5,7,10,16H,2-3,6,15H2,1H3.